The van der Waals surface area contributed by atoms with Crippen LogP contribution in [0.5, 0.6) is 0 Å². The first-order chi connectivity index (χ1) is 9.67. The third-order valence-electron chi connectivity index (χ3n) is 4.41. The SMILES string of the molecule is NC1(Cc2ccc(Cl)s2)CCCCC1c1ccccc1. The Labute approximate surface area is 129 Å². The quantitative estimate of drug-likeness (QED) is 0.848. The predicted octanol–water partition coefficient (Wildman–Crippen LogP) is 5.00. The number of hydrogen-bond acceptors (Lipinski definition) is 2. The van der Waals surface area contributed by atoms with Gasteiger partial charge in [0.15, 0.2) is 0 Å². The standard InChI is InChI=1S/C17H20ClNS/c18-16-10-9-14(20-16)12-17(19)11-5-4-8-15(17)13-6-2-1-3-7-13/h1-3,6-7,9-10,15H,4-5,8,11-12,19H2. The Morgan fingerprint density at radius 2 is 1.95 bits per heavy atom. The molecular formula is C17H20ClNS. The van der Waals surface area contributed by atoms with Crippen molar-refractivity contribution < 1.29 is 0 Å². The van der Waals surface area contributed by atoms with E-state index in [1.165, 1.54) is 29.7 Å². The molecule has 1 heterocycles. The van der Waals surface area contributed by atoms with Crippen molar-refractivity contribution in [2.75, 3.05) is 0 Å². The molecular weight excluding hydrogens is 286 g/mol. The number of nitrogens with two attached hydrogens (primary N) is 1. The van der Waals surface area contributed by atoms with Crippen LogP contribution in [0.2, 0.25) is 4.34 Å². The Kier molecular flexibility index (Phi) is 4.16. The molecule has 1 saturated carbocycles. The second-order valence-corrected chi connectivity index (χ2v) is 7.62. The zero-order valence-corrected chi connectivity index (χ0v) is 13.1. The van der Waals surface area contributed by atoms with Crippen LogP contribution in [0.1, 0.15) is 42.0 Å². The van der Waals surface area contributed by atoms with Gasteiger partial charge < -0.3 is 5.73 Å². The summed E-state index contributed by atoms with van der Waals surface area (Å²) in [6.45, 7) is 0. The van der Waals surface area contributed by atoms with Crippen molar-refractivity contribution in [3.8, 4) is 0 Å². The summed E-state index contributed by atoms with van der Waals surface area (Å²) in [6, 6.07) is 14.9. The van der Waals surface area contributed by atoms with Crippen molar-refractivity contribution >= 4 is 22.9 Å². The third kappa shape index (κ3) is 2.93. The molecule has 3 heteroatoms. The predicted molar refractivity (Wildman–Crippen MR) is 87.6 cm³/mol. The molecule has 1 aliphatic carbocycles. The molecule has 1 nitrogen and oxygen atoms in total. The largest absolute Gasteiger partial charge is 0.324 e. The van der Waals surface area contributed by atoms with Crippen LogP contribution in [-0.4, -0.2) is 5.54 Å². The van der Waals surface area contributed by atoms with Crippen LogP contribution in [-0.2, 0) is 6.42 Å². The first kappa shape index (κ1) is 14.1. The van der Waals surface area contributed by atoms with E-state index < -0.39 is 0 Å². The summed E-state index contributed by atoms with van der Waals surface area (Å²) in [4.78, 5) is 1.31. The summed E-state index contributed by atoms with van der Waals surface area (Å²) in [7, 11) is 0. The molecule has 20 heavy (non-hydrogen) atoms. The monoisotopic (exact) mass is 305 g/mol. The summed E-state index contributed by atoms with van der Waals surface area (Å²) in [5.74, 6) is 0.457. The highest BCUT2D eigenvalue weighted by molar-refractivity contribution is 7.16. The number of benzene rings is 1. The number of rotatable bonds is 3. The van der Waals surface area contributed by atoms with Crippen LogP contribution in [0, 0.1) is 0 Å². The highest BCUT2D eigenvalue weighted by Crippen LogP contribution is 2.42. The smallest absolute Gasteiger partial charge is 0.0931 e. The Morgan fingerprint density at radius 3 is 2.65 bits per heavy atom. The van der Waals surface area contributed by atoms with Gasteiger partial charge >= 0.3 is 0 Å². The Morgan fingerprint density at radius 1 is 1.15 bits per heavy atom. The molecule has 0 amide bonds. The van der Waals surface area contributed by atoms with Crippen LogP contribution >= 0.6 is 22.9 Å². The Bertz CT molecular complexity index is 565. The van der Waals surface area contributed by atoms with Gasteiger partial charge in [-0.1, -0.05) is 54.8 Å². The fourth-order valence-electron chi connectivity index (χ4n) is 3.43. The van der Waals surface area contributed by atoms with Gasteiger partial charge in [0.25, 0.3) is 0 Å². The molecule has 0 radical (unpaired) electrons. The van der Waals surface area contributed by atoms with E-state index in [-0.39, 0.29) is 5.54 Å². The minimum Gasteiger partial charge on any atom is -0.324 e. The number of halogens is 1. The molecule has 0 saturated heterocycles. The van der Waals surface area contributed by atoms with Gasteiger partial charge in [0.2, 0.25) is 0 Å². The lowest BCUT2D eigenvalue weighted by atomic mass is 9.68. The molecule has 0 bridgehead atoms. The van der Waals surface area contributed by atoms with E-state index in [1.807, 2.05) is 6.07 Å². The van der Waals surface area contributed by atoms with Crippen LogP contribution in [0.3, 0.4) is 0 Å². The van der Waals surface area contributed by atoms with E-state index in [1.54, 1.807) is 11.3 Å². The fourth-order valence-corrected chi connectivity index (χ4v) is 4.65. The molecule has 0 aliphatic heterocycles. The lowest BCUT2D eigenvalue weighted by Crippen LogP contribution is -2.49. The highest BCUT2D eigenvalue weighted by Gasteiger charge is 2.38. The highest BCUT2D eigenvalue weighted by atomic mass is 35.5. The van der Waals surface area contributed by atoms with Crippen molar-refractivity contribution in [1.82, 2.24) is 0 Å². The van der Waals surface area contributed by atoms with Crippen LogP contribution in [0.4, 0.5) is 0 Å². The lowest BCUT2D eigenvalue weighted by molar-refractivity contribution is 0.250. The topological polar surface area (TPSA) is 26.0 Å². The maximum absolute atomic E-state index is 6.84. The van der Waals surface area contributed by atoms with Gasteiger partial charge in [-0.05, 0) is 30.5 Å². The molecule has 2 unspecified atom stereocenters. The van der Waals surface area contributed by atoms with Gasteiger partial charge in [-0.2, -0.15) is 0 Å². The maximum atomic E-state index is 6.84. The van der Waals surface area contributed by atoms with Gasteiger partial charge in [-0.3, -0.25) is 0 Å². The minimum absolute atomic E-state index is 0.131. The van der Waals surface area contributed by atoms with Gasteiger partial charge in [-0.15, -0.1) is 11.3 Å². The number of hydrogen-bond donors (Lipinski definition) is 1. The van der Waals surface area contributed by atoms with Gasteiger partial charge in [0.1, 0.15) is 0 Å². The molecule has 3 rings (SSSR count). The summed E-state index contributed by atoms with van der Waals surface area (Å²) in [5.41, 5.74) is 8.10. The number of thiophene rings is 1. The van der Waals surface area contributed by atoms with E-state index >= 15 is 0 Å². The van der Waals surface area contributed by atoms with E-state index in [2.05, 4.69) is 36.4 Å². The average Bonchev–Trinajstić information content (AvgIpc) is 2.85. The first-order valence-corrected chi connectivity index (χ1v) is 8.45. The van der Waals surface area contributed by atoms with E-state index in [9.17, 15) is 0 Å². The molecule has 1 aromatic heterocycles. The molecule has 2 atom stereocenters. The Balaban J connectivity index is 1.87. The Hall–Kier alpha value is -0.830. The summed E-state index contributed by atoms with van der Waals surface area (Å²) in [5, 5.41) is 0. The van der Waals surface area contributed by atoms with Crippen molar-refractivity contribution in [1.29, 1.82) is 0 Å². The van der Waals surface area contributed by atoms with Crippen LogP contribution in [0.25, 0.3) is 0 Å². The molecule has 1 aliphatic rings. The average molecular weight is 306 g/mol. The van der Waals surface area contributed by atoms with Gasteiger partial charge in [-0.25, -0.2) is 0 Å². The van der Waals surface area contributed by atoms with E-state index in [0.29, 0.717) is 5.92 Å². The van der Waals surface area contributed by atoms with E-state index in [0.717, 1.165) is 17.2 Å². The van der Waals surface area contributed by atoms with Gasteiger partial charge in [0.05, 0.1) is 4.34 Å². The third-order valence-corrected chi connectivity index (χ3v) is 5.64. The van der Waals surface area contributed by atoms with Crippen molar-refractivity contribution in [3.63, 3.8) is 0 Å². The van der Waals surface area contributed by atoms with Crippen molar-refractivity contribution in [3.05, 3.63) is 57.2 Å². The zero-order chi connectivity index (χ0) is 14.0. The lowest BCUT2D eigenvalue weighted by Gasteiger charge is -2.41. The van der Waals surface area contributed by atoms with Crippen molar-refractivity contribution in [2.24, 2.45) is 5.73 Å². The summed E-state index contributed by atoms with van der Waals surface area (Å²) < 4.78 is 0.857. The maximum Gasteiger partial charge on any atom is 0.0931 e. The fraction of sp³-hybridized carbons (Fsp3) is 0.412. The molecule has 2 aromatic rings. The van der Waals surface area contributed by atoms with E-state index in [4.69, 9.17) is 17.3 Å². The van der Waals surface area contributed by atoms with Crippen LogP contribution in [0.15, 0.2) is 42.5 Å². The van der Waals surface area contributed by atoms with Gasteiger partial charge in [0, 0.05) is 22.8 Å². The normalized spacial score (nSPS) is 26.6. The second-order valence-electron chi connectivity index (χ2n) is 5.82. The minimum atomic E-state index is -0.131. The molecule has 1 fully saturated rings. The zero-order valence-electron chi connectivity index (χ0n) is 11.5. The molecule has 2 N–H and O–H groups in total. The second kappa shape index (κ2) is 5.88. The van der Waals surface area contributed by atoms with Crippen LogP contribution < -0.4 is 5.73 Å². The molecule has 106 valence electrons. The first-order valence-electron chi connectivity index (χ1n) is 7.25. The summed E-state index contributed by atoms with van der Waals surface area (Å²) in [6.07, 6.45) is 5.74. The molecule has 0 spiro atoms. The van der Waals surface area contributed by atoms with Crippen molar-refractivity contribution in [2.45, 2.75) is 43.6 Å². The summed E-state index contributed by atoms with van der Waals surface area (Å²) >= 11 is 7.72. The molecule has 1 aromatic carbocycles.